The van der Waals surface area contributed by atoms with Gasteiger partial charge in [0.1, 0.15) is 0 Å². The predicted octanol–water partition coefficient (Wildman–Crippen LogP) is 3.45. The van der Waals surface area contributed by atoms with Crippen molar-refractivity contribution < 1.29 is 0 Å². The van der Waals surface area contributed by atoms with Gasteiger partial charge in [-0.3, -0.25) is 0 Å². The molecule has 5 heteroatoms. The van der Waals surface area contributed by atoms with Crippen molar-refractivity contribution in [2.24, 2.45) is 10.8 Å². The minimum atomic E-state index is 0.101. The van der Waals surface area contributed by atoms with Crippen LogP contribution in [0, 0.1) is 6.92 Å². The van der Waals surface area contributed by atoms with Crippen LogP contribution in [-0.2, 0) is 0 Å². The molecule has 1 aliphatic rings. The SMILES string of the molecule is Cc1cccc(C2CC(c3cccs3)=NN2C(N)=S)c1. The van der Waals surface area contributed by atoms with Gasteiger partial charge in [-0.2, -0.15) is 5.10 Å². The lowest BCUT2D eigenvalue weighted by molar-refractivity contribution is 0.372. The van der Waals surface area contributed by atoms with Gasteiger partial charge >= 0.3 is 0 Å². The van der Waals surface area contributed by atoms with Gasteiger partial charge in [0.2, 0.25) is 0 Å². The van der Waals surface area contributed by atoms with E-state index in [9.17, 15) is 0 Å². The van der Waals surface area contributed by atoms with Crippen molar-refractivity contribution in [3.63, 3.8) is 0 Å². The molecule has 1 aromatic heterocycles. The van der Waals surface area contributed by atoms with Crippen molar-refractivity contribution in [3.05, 3.63) is 57.8 Å². The Labute approximate surface area is 127 Å². The lowest BCUT2D eigenvalue weighted by Gasteiger charge is -2.22. The van der Waals surface area contributed by atoms with Crippen molar-refractivity contribution in [2.45, 2.75) is 19.4 Å². The highest BCUT2D eigenvalue weighted by molar-refractivity contribution is 7.80. The Hall–Kier alpha value is -1.72. The van der Waals surface area contributed by atoms with Crippen LogP contribution in [0.25, 0.3) is 0 Å². The van der Waals surface area contributed by atoms with Gasteiger partial charge in [0.05, 0.1) is 16.6 Å². The summed E-state index contributed by atoms with van der Waals surface area (Å²) >= 11 is 6.84. The number of nitrogens with two attached hydrogens (primary N) is 1. The molecule has 102 valence electrons. The Morgan fingerprint density at radius 1 is 1.40 bits per heavy atom. The van der Waals surface area contributed by atoms with Gasteiger partial charge in [-0.15, -0.1) is 11.3 Å². The Morgan fingerprint density at radius 2 is 2.25 bits per heavy atom. The van der Waals surface area contributed by atoms with Gasteiger partial charge in [0.15, 0.2) is 5.11 Å². The fraction of sp³-hybridized carbons (Fsp3) is 0.200. The minimum Gasteiger partial charge on any atom is -0.375 e. The average molecular weight is 301 g/mol. The molecular weight excluding hydrogens is 286 g/mol. The summed E-state index contributed by atoms with van der Waals surface area (Å²) in [5, 5.41) is 8.76. The van der Waals surface area contributed by atoms with Crippen LogP contribution >= 0.6 is 23.6 Å². The maximum absolute atomic E-state index is 5.83. The van der Waals surface area contributed by atoms with Crippen LogP contribution in [0.3, 0.4) is 0 Å². The predicted molar refractivity (Wildman–Crippen MR) is 88.0 cm³/mol. The van der Waals surface area contributed by atoms with Gasteiger partial charge in [0.25, 0.3) is 0 Å². The Bertz CT molecular complexity index is 662. The molecule has 0 bridgehead atoms. The number of hydrazone groups is 1. The first-order valence-corrected chi connectivity index (χ1v) is 7.70. The first-order chi connectivity index (χ1) is 9.65. The second-order valence-corrected chi connectivity index (χ2v) is 6.21. The number of aryl methyl sites for hydroxylation is 1. The van der Waals surface area contributed by atoms with Crippen LogP contribution in [0.4, 0.5) is 0 Å². The Morgan fingerprint density at radius 3 is 2.90 bits per heavy atom. The lowest BCUT2D eigenvalue weighted by atomic mass is 10.00. The molecule has 1 unspecified atom stereocenters. The molecular formula is C15H15N3S2. The zero-order valence-corrected chi connectivity index (χ0v) is 12.7. The quantitative estimate of drug-likeness (QED) is 0.864. The van der Waals surface area contributed by atoms with Crippen LogP contribution in [0.1, 0.15) is 28.5 Å². The summed E-state index contributed by atoms with van der Waals surface area (Å²) < 4.78 is 0. The molecule has 3 nitrogen and oxygen atoms in total. The van der Waals surface area contributed by atoms with Crippen molar-refractivity contribution in [3.8, 4) is 0 Å². The van der Waals surface area contributed by atoms with Crippen molar-refractivity contribution in [1.29, 1.82) is 0 Å². The van der Waals surface area contributed by atoms with E-state index in [2.05, 4.69) is 47.7 Å². The lowest BCUT2D eigenvalue weighted by Crippen LogP contribution is -2.31. The molecule has 1 atom stereocenters. The van der Waals surface area contributed by atoms with E-state index in [-0.39, 0.29) is 6.04 Å². The summed E-state index contributed by atoms with van der Waals surface area (Å²) in [5.41, 5.74) is 9.32. The zero-order chi connectivity index (χ0) is 14.1. The summed E-state index contributed by atoms with van der Waals surface area (Å²) in [7, 11) is 0. The molecule has 3 rings (SSSR count). The third-order valence-corrected chi connectivity index (χ3v) is 4.47. The molecule has 2 N–H and O–H groups in total. The van der Waals surface area contributed by atoms with E-state index < -0.39 is 0 Å². The number of thiophene rings is 1. The summed E-state index contributed by atoms with van der Waals surface area (Å²) in [6.45, 7) is 2.09. The zero-order valence-electron chi connectivity index (χ0n) is 11.1. The maximum atomic E-state index is 5.83. The van der Waals surface area contributed by atoms with Crippen LogP contribution in [-0.4, -0.2) is 15.8 Å². The number of nitrogens with zero attached hydrogens (tertiary/aromatic N) is 2. The molecule has 1 aromatic carbocycles. The van der Waals surface area contributed by atoms with E-state index in [1.54, 1.807) is 16.3 Å². The standard InChI is InChI=1S/C15H15N3S2/c1-10-4-2-5-11(8-10)13-9-12(14-6-3-7-20-14)17-18(13)15(16)19/h2-8,13H,9H2,1H3,(H2,16,19). The van der Waals surface area contributed by atoms with Crippen molar-refractivity contribution >= 4 is 34.4 Å². The third kappa shape index (κ3) is 2.46. The smallest absolute Gasteiger partial charge is 0.187 e. The molecule has 0 fully saturated rings. The van der Waals surface area contributed by atoms with Crippen molar-refractivity contribution in [1.82, 2.24) is 5.01 Å². The summed E-state index contributed by atoms with van der Waals surface area (Å²) in [4.78, 5) is 1.18. The largest absolute Gasteiger partial charge is 0.375 e. The van der Waals surface area contributed by atoms with Crippen molar-refractivity contribution in [2.75, 3.05) is 0 Å². The number of benzene rings is 1. The van der Waals surface area contributed by atoms with E-state index in [0.29, 0.717) is 5.11 Å². The monoisotopic (exact) mass is 301 g/mol. The molecule has 0 saturated heterocycles. The van der Waals surface area contributed by atoms with E-state index in [0.717, 1.165) is 12.1 Å². The topological polar surface area (TPSA) is 41.6 Å². The highest BCUT2D eigenvalue weighted by Gasteiger charge is 2.30. The van der Waals surface area contributed by atoms with Gasteiger partial charge < -0.3 is 5.73 Å². The van der Waals surface area contributed by atoms with E-state index in [1.165, 1.54) is 16.0 Å². The number of hydrogen-bond donors (Lipinski definition) is 1. The molecule has 0 aliphatic carbocycles. The van der Waals surface area contributed by atoms with Crippen LogP contribution in [0.15, 0.2) is 46.9 Å². The molecule has 0 amide bonds. The molecule has 2 aromatic rings. The molecule has 20 heavy (non-hydrogen) atoms. The normalized spacial score (nSPS) is 18.1. The third-order valence-electron chi connectivity index (χ3n) is 3.37. The number of hydrogen-bond acceptors (Lipinski definition) is 3. The maximum Gasteiger partial charge on any atom is 0.187 e. The fourth-order valence-electron chi connectivity index (χ4n) is 2.44. The van der Waals surface area contributed by atoms with E-state index in [1.807, 2.05) is 6.07 Å². The minimum absolute atomic E-state index is 0.101. The Balaban J connectivity index is 1.95. The average Bonchev–Trinajstić information content (AvgIpc) is 3.08. The van der Waals surface area contributed by atoms with Crippen LogP contribution in [0.2, 0.25) is 0 Å². The fourth-order valence-corrected chi connectivity index (χ4v) is 3.33. The van der Waals surface area contributed by atoms with E-state index in [4.69, 9.17) is 18.0 Å². The highest BCUT2D eigenvalue weighted by Crippen LogP contribution is 2.33. The highest BCUT2D eigenvalue weighted by atomic mass is 32.1. The summed E-state index contributed by atoms with van der Waals surface area (Å²) in [6.07, 6.45) is 0.835. The second-order valence-electron chi connectivity index (χ2n) is 4.84. The summed E-state index contributed by atoms with van der Waals surface area (Å²) in [5.74, 6) is 0. The van der Waals surface area contributed by atoms with Gasteiger partial charge in [-0.1, -0.05) is 35.9 Å². The van der Waals surface area contributed by atoms with Crippen LogP contribution in [0.5, 0.6) is 0 Å². The molecule has 0 spiro atoms. The van der Waals surface area contributed by atoms with Gasteiger partial charge in [-0.05, 0) is 36.2 Å². The van der Waals surface area contributed by atoms with Crippen LogP contribution < -0.4 is 5.73 Å². The molecule has 0 radical (unpaired) electrons. The first kappa shape index (κ1) is 13.3. The van der Waals surface area contributed by atoms with Gasteiger partial charge in [-0.25, -0.2) is 5.01 Å². The molecule has 1 aliphatic heterocycles. The number of thiocarbonyl (C=S) groups is 1. The number of rotatable bonds is 2. The summed E-state index contributed by atoms with van der Waals surface area (Å²) in [6, 6.07) is 12.6. The van der Waals surface area contributed by atoms with Gasteiger partial charge in [0, 0.05) is 6.42 Å². The second kappa shape index (κ2) is 5.34. The Kier molecular flexibility index (Phi) is 3.54. The van der Waals surface area contributed by atoms with E-state index >= 15 is 0 Å². The first-order valence-electron chi connectivity index (χ1n) is 6.42. The molecule has 0 saturated carbocycles. The molecule has 2 heterocycles.